The average Bonchev–Trinajstić information content (AvgIpc) is 2.41. The monoisotopic (exact) mass is 222 g/mol. The minimum atomic E-state index is -0.518. The van der Waals surface area contributed by atoms with Crippen LogP contribution in [0, 0.1) is 6.92 Å². The zero-order valence-electron chi connectivity index (χ0n) is 9.79. The second kappa shape index (κ2) is 3.40. The van der Waals surface area contributed by atoms with Gasteiger partial charge in [-0.2, -0.15) is 0 Å². The van der Waals surface area contributed by atoms with Gasteiger partial charge in [0.25, 0.3) is 0 Å². The second-order valence-corrected chi connectivity index (χ2v) is 4.73. The van der Waals surface area contributed by atoms with Gasteiger partial charge in [-0.25, -0.2) is 4.79 Å². The first-order valence-corrected chi connectivity index (χ1v) is 5.10. The van der Waals surface area contributed by atoms with E-state index in [1.165, 1.54) is 0 Å². The van der Waals surface area contributed by atoms with Crippen molar-refractivity contribution in [1.82, 2.24) is 0 Å². The third-order valence-corrected chi connectivity index (χ3v) is 2.19. The molecule has 1 aromatic carbocycles. The van der Waals surface area contributed by atoms with Crippen molar-refractivity contribution in [3.63, 3.8) is 0 Å². The highest BCUT2D eigenvalue weighted by Crippen LogP contribution is 2.37. The van der Waals surface area contributed by atoms with Gasteiger partial charge < -0.3 is 4.74 Å². The van der Waals surface area contributed by atoms with Crippen molar-refractivity contribution in [2.75, 3.05) is 0 Å². The van der Waals surface area contributed by atoms with Crippen LogP contribution in [0.25, 0.3) is 0 Å². The molecule has 16 heavy (non-hydrogen) atoms. The molecule has 86 valence electrons. The molecule has 2 bridgehead atoms. The molecule has 0 unspecified atom stereocenters. The molecule has 4 nitrogen and oxygen atoms in total. The van der Waals surface area contributed by atoms with Crippen molar-refractivity contribution in [2.45, 2.75) is 33.3 Å². The van der Waals surface area contributed by atoms with Crippen LogP contribution in [-0.2, 0) is 4.74 Å². The van der Waals surface area contributed by atoms with Crippen molar-refractivity contribution in [1.29, 1.82) is 0 Å². The molecule has 0 N–H and O–H groups in total. The standard InChI is InChI=1S/C12H14O4/c1-7-9-6-5-8(10(7)16-15-9)11(13)14-12(2,3)4/h5-6H,1-4H3. The maximum atomic E-state index is 11.9. The number of carbonyl (C=O) groups excluding carboxylic acids is 1. The molecule has 0 amide bonds. The van der Waals surface area contributed by atoms with E-state index in [4.69, 9.17) is 14.5 Å². The summed E-state index contributed by atoms with van der Waals surface area (Å²) in [5, 5.41) is 0. The van der Waals surface area contributed by atoms with Crippen LogP contribution >= 0.6 is 0 Å². The van der Waals surface area contributed by atoms with E-state index < -0.39 is 11.6 Å². The quantitative estimate of drug-likeness (QED) is 0.541. The maximum Gasteiger partial charge on any atom is 0.342 e. The van der Waals surface area contributed by atoms with Crippen LogP contribution < -0.4 is 9.78 Å². The summed E-state index contributed by atoms with van der Waals surface area (Å²) < 4.78 is 5.27. The van der Waals surface area contributed by atoms with Gasteiger partial charge in [-0.15, -0.1) is 0 Å². The number of benzene rings is 1. The molecule has 0 spiro atoms. The van der Waals surface area contributed by atoms with Crippen LogP contribution in [0.2, 0.25) is 0 Å². The van der Waals surface area contributed by atoms with E-state index in [1.807, 2.05) is 27.7 Å². The SMILES string of the molecule is Cc1c2ccc(C(=O)OC(C)(C)C)c1OO2. The third-order valence-electron chi connectivity index (χ3n) is 2.19. The summed E-state index contributed by atoms with van der Waals surface area (Å²) in [4.78, 5) is 21.8. The molecule has 4 heteroatoms. The number of hydrogen-bond acceptors (Lipinski definition) is 4. The predicted octanol–water partition coefficient (Wildman–Crippen LogP) is 2.64. The number of carbonyl (C=O) groups is 1. The zero-order chi connectivity index (χ0) is 11.9. The molecule has 0 aliphatic carbocycles. The van der Waals surface area contributed by atoms with Gasteiger partial charge in [0.15, 0.2) is 11.5 Å². The van der Waals surface area contributed by atoms with Crippen LogP contribution in [-0.4, -0.2) is 11.6 Å². The Kier molecular flexibility index (Phi) is 2.30. The summed E-state index contributed by atoms with van der Waals surface area (Å²) in [6.45, 7) is 7.31. The van der Waals surface area contributed by atoms with Gasteiger partial charge in [-0.05, 0) is 39.8 Å². The molecule has 1 aliphatic rings. The number of ether oxygens (including phenoxy) is 1. The first-order valence-electron chi connectivity index (χ1n) is 5.10. The van der Waals surface area contributed by atoms with Gasteiger partial charge in [-0.3, -0.25) is 9.78 Å². The highest BCUT2D eigenvalue weighted by Gasteiger charge is 2.28. The third kappa shape index (κ3) is 1.83. The Bertz CT molecular complexity index is 443. The molecule has 1 aromatic rings. The topological polar surface area (TPSA) is 44.8 Å². The molecule has 0 radical (unpaired) electrons. The largest absolute Gasteiger partial charge is 0.456 e. The van der Waals surface area contributed by atoms with E-state index in [1.54, 1.807) is 12.1 Å². The van der Waals surface area contributed by atoms with E-state index in [-0.39, 0.29) is 0 Å². The van der Waals surface area contributed by atoms with Crippen LogP contribution in [0.15, 0.2) is 12.1 Å². The molecule has 2 rings (SSSR count). The minimum absolute atomic E-state index is 0.397. The minimum Gasteiger partial charge on any atom is -0.456 e. The highest BCUT2D eigenvalue weighted by molar-refractivity contribution is 5.94. The molecule has 0 aromatic heterocycles. The second-order valence-electron chi connectivity index (χ2n) is 4.73. The van der Waals surface area contributed by atoms with Crippen LogP contribution in [0.3, 0.4) is 0 Å². The summed E-state index contributed by atoms with van der Waals surface area (Å²) in [6.07, 6.45) is 0. The van der Waals surface area contributed by atoms with E-state index in [0.717, 1.165) is 5.56 Å². The number of fused-ring (bicyclic) bond motifs is 2. The van der Waals surface area contributed by atoms with E-state index in [2.05, 4.69) is 0 Å². The summed E-state index contributed by atoms with van der Waals surface area (Å²) in [5.74, 6) is 0.691. The maximum absolute atomic E-state index is 11.9. The Hall–Kier alpha value is -1.71. The number of rotatable bonds is 1. The molecule has 1 aliphatic heterocycles. The Morgan fingerprint density at radius 2 is 1.94 bits per heavy atom. The van der Waals surface area contributed by atoms with Gasteiger partial charge in [-0.1, -0.05) is 0 Å². The predicted molar refractivity (Wildman–Crippen MR) is 57.6 cm³/mol. The molecule has 0 saturated carbocycles. The summed E-state index contributed by atoms with van der Waals surface area (Å²) >= 11 is 0. The van der Waals surface area contributed by atoms with Gasteiger partial charge in [0, 0.05) is 5.56 Å². The fourth-order valence-corrected chi connectivity index (χ4v) is 1.45. The fraction of sp³-hybridized carbons (Fsp3) is 0.417. The van der Waals surface area contributed by atoms with Crippen LogP contribution in [0.4, 0.5) is 0 Å². The molecule has 0 saturated heterocycles. The lowest BCUT2D eigenvalue weighted by Gasteiger charge is -2.19. The average molecular weight is 222 g/mol. The Morgan fingerprint density at radius 3 is 2.56 bits per heavy atom. The molecular formula is C12H14O4. The van der Waals surface area contributed by atoms with E-state index >= 15 is 0 Å². The lowest BCUT2D eigenvalue weighted by atomic mass is 10.1. The van der Waals surface area contributed by atoms with E-state index in [9.17, 15) is 4.79 Å². The van der Waals surface area contributed by atoms with Crippen molar-refractivity contribution in [2.24, 2.45) is 0 Å². The summed E-state index contributed by atoms with van der Waals surface area (Å²) in [7, 11) is 0. The van der Waals surface area contributed by atoms with Gasteiger partial charge in [0.05, 0.1) is 0 Å². The first kappa shape index (κ1) is 10.8. The highest BCUT2D eigenvalue weighted by atomic mass is 17.2. The zero-order valence-corrected chi connectivity index (χ0v) is 9.79. The lowest BCUT2D eigenvalue weighted by molar-refractivity contribution is -0.0856. The molecule has 0 fully saturated rings. The van der Waals surface area contributed by atoms with Crippen LogP contribution in [0.1, 0.15) is 36.7 Å². The van der Waals surface area contributed by atoms with Crippen LogP contribution in [0.5, 0.6) is 11.5 Å². The fourth-order valence-electron chi connectivity index (χ4n) is 1.45. The number of hydrogen-bond donors (Lipinski definition) is 0. The normalized spacial score (nSPS) is 13.0. The Morgan fingerprint density at radius 1 is 1.25 bits per heavy atom. The van der Waals surface area contributed by atoms with Gasteiger partial charge >= 0.3 is 5.97 Å². The lowest BCUT2D eigenvalue weighted by Crippen LogP contribution is -2.24. The Balaban J connectivity index is 2.31. The van der Waals surface area contributed by atoms with Gasteiger partial charge in [0.1, 0.15) is 11.2 Å². The van der Waals surface area contributed by atoms with Gasteiger partial charge in [0.2, 0.25) is 0 Å². The molecule has 1 heterocycles. The van der Waals surface area contributed by atoms with E-state index in [0.29, 0.717) is 17.1 Å². The molecular weight excluding hydrogens is 208 g/mol. The van der Waals surface area contributed by atoms with Crippen molar-refractivity contribution < 1.29 is 19.3 Å². The Labute approximate surface area is 94.0 Å². The molecule has 0 atom stereocenters. The smallest absolute Gasteiger partial charge is 0.342 e. The first-order chi connectivity index (χ1) is 7.38. The summed E-state index contributed by atoms with van der Waals surface area (Å²) in [6, 6.07) is 3.35. The van der Waals surface area contributed by atoms with Crippen molar-refractivity contribution >= 4 is 5.97 Å². The van der Waals surface area contributed by atoms with Crippen molar-refractivity contribution in [3.8, 4) is 11.5 Å². The van der Waals surface area contributed by atoms with Crippen molar-refractivity contribution in [3.05, 3.63) is 23.3 Å². The summed E-state index contributed by atoms with van der Waals surface area (Å²) in [5.41, 5.74) is 0.701. The number of esters is 1.